The van der Waals surface area contributed by atoms with Gasteiger partial charge in [-0.3, -0.25) is 4.98 Å². The molecule has 26 heavy (non-hydrogen) atoms. The fourth-order valence-corrected chi connectivity index (χ4v) is 2.76. The van der Waals surface area contributed by atoms with Gasteiger partial charge in [0.1, 0.15) is 0 Å². The van der Waals surface area contributed by atoms with Crippen molar-refractivity contribution in [2.75, 3.05) is 6.54 Å². The van der Waals surface area contributed by atoms with Gasteiger partial charge in [-0.05, 0) is 43.3 Å². The Labute approximate surface area is 153 Å². The number of hydrogen-bond donors (Lipinski definition) is 2. The van der Waals surface area contributed by atoms with Crippen molar-refractivity contribution in [2.45, 2.75) is 31.0 Å². The minimum Gasteiger partial charge on any atom is -0.362 e. The van der Waals surface area contributed by atoms with Crippen LogP contribution in [-0.2, 0) is 6.18 Å². The highest BCUT2D eigenvalue weighted by Crippen LogP contribution is 2.32. The lowest BCUT2D eigenvalue weighted by Crippen LogP contribution is -2.39. The van der Waals surface area contributed by atoms with Crippen molar-refractivity contribution in [1.29, 1.82) is 0 Å². The summed E-state index contributed by atoms with van der Waals surface area (Å²) >= 11 is 5.17. The standard InChI is InChI=1S/C17H16F4N4S/c18-15-12(2-1-6-23-15)13(9-24-16(26)25-11-3-4-11)14-8-10(5-7-22-14)17(19,20)21/h1-2,5-8,11,13H,3-4,9H2,(H2,24,25,26). The zero-order valence-corrected chi connectivity index (χ0v) is 14.4. The summed E-state index contributed by atoms with van der Waals surface area (Å²) in [6.07, 6.45) is -0.107. The molecule has 2 N–H and O–H groups in total. The van der Waals surface area contributed by atoms with Crippen LogP contribution < -0.4 is 10.6 Å². The fraction of sp³-hybridized carbons (Fsp3) is 0.353. The first kappa shape index (κ1) is 18.5. The van der Waals surface area contributed by atoms with Gasteiger partial charge in [0.2, 0.25) is 5.95 Å². The van der Waals surface area contributed by atoms with Gasteiger partial charge in [0.15, 0.2) is 5.11 Å². The molecule has 1 unspecified atom stereocenters. The molecule has 1 saturated carbocycles. The maximum absolute atomic E-state index is 14.2. The third kappa shape index (κ3) is 4.66. The van der Waals surface area contributed by atoms with Crippen LogP contribution in [0.1, 0.15) is 35.6 Å². The Hall–Kier alpha value is -2.29. The third-order valence-corrected chi connectivity index (χ3v) is 4.27. The van der Waals surface area contributed by atoms with Crippen LogP contribution in [0.3, 0.4) is 0 Å². The summed E-state index contributed by atoms with van der Waals surface area (Å²) in [5.74, 6) is -1.52. The molecule has 138 valence electrons. The van der Waals surface area contributed by atoms with Gasteiger partial charge in [-0.25, -0.2) is 4.98 Å². The number of nitrogens with zero attached hydrogens (tertiary/aromatic N) is 2. The molecule has 0 spiro atoms. The minimum absolute atomic E-state index is 0.0912. The van der Waals surface area contributed by atoms with E-state index in [1.165, 1.54) is 18.3 Å². The quantitative estimate of drug-likeness (QED) is 0.470. The van der Waals surface area contributed by atoms with E-state index in [0.717, 1.165) is 31.2 Å². The lowest BCUT2D eigenvalue weighted by Gasteiger charge is -2.20. The lowest BCUT2D eigenvalue weighted by molar-refractivity contribution is -0.137. The molecule has 1 atom stereocenters. The number of rotatable bonds is 5. The highest BCUT2D eigenvalue weighted by molar-refractivity contribution is 7.80. The molecule has 9 heteroatoms. The van der Waals surface area contributed by atoms with Crippen molar-refractivity contribution < 1.29 is 17.6 Å². The molecule has 1 fully saturated rings. The predicted molar refractivity (Wildman–Crippen MR) is 92.0 cm³/mol. The molecule has 0 saturated heterocycles. The maximum Gasteiger partial charge on any atom is 0.416 e. The van der Waals surface area contributed by atoms with Crippen LogP contribution >= 0.6 is 12.2 Å². The van der Waals surface area contributed by atoms with Crippen molar-refractivity contribution in [3.05, 3.63) is 59.4 Å². The van der Waals surface area contributed by atoms with Crippen molar-refractivity contribution >= 4 is 17.3 Å². The first-order valence-corrected chi connectivity index (χ1v) is 8.43. The summed E-state index contributed by atoms with van der Waals surface area (Å²) in [5.41, 5.74) is -0.593. The molecular weight excluding hydrogens is 368 g/mol. The molecule has 1 aliphatic rings. The van der Waals surface area contributed by atoms with E-state index in [1.807, 2.05) is 0 Å². The topological polar surface area (TPSA) is 49.8 Å². The molecule has 0 aliphatic heterocycles. The largest absolute Gasteiger partial charge is 0.416 e. The van der Waals surface area contributed by atoms with Gasteiger partial charge in [0.05, 0.1) is 11.3 Å². The van der Waals surface area contributed by atoms with Gasteiger partial charge in [0, 0.05) is 36.5 Å². The molecule has 4 nitrogen and oxygen atoms in total. The summed E-state index contributed by atoms with van der Waals surface area (Å²) < 4.78 is 53.2. The molecular formula is C17H16F4N4S. The molecule has 0 amide bonds. The maximum atomic E-state index is 14.2. The molecule has 1 aliphatic carbocycles. The molecule has 0 aromatic carbocycles. The summed E-state index contributed by atoms with van der Waals surface area (Å²) in [4.78, 5) is 7.61. The van der Waals surface area contributed by atoms with Crippen LogP contribution in [-0.4, -0.2) is 27.7 Å². The van der Waals surface area contributed by atoms with Crippen molar-refractivity contribution in [3.63, 3.8) is 0 Å². The number of alkyl halides is 3. The van der Waals surface area contributed by atoms with E-state index in [1.54, 1.807) is 0 Å². The Balaban J connectivity index is 1.87. The summed E-state index contributed by atoms with van der Waals surface area (Å²) in [7, 11) is 0. The average Bonchev–Trinajstić information content (AvgIpc) is 3.40. The lowest BCUT2D eigenvalue weighted by atomic mass is 9.95. The second-order valence-electron chi connectivity index (χ2n) is 6.03. The smallest absolute Gasteiger partial charge is 0.362 e. The van der Waals surface area contributed by atoms with E-state index in [2.05, 4.69) is 20.6 Å². The van der Waals surface area contributed by atoms with Crippen LogP contribution in [0.15, 0.2) is 36.7 Å². The van der Waals surface area contributed by atoms with Gasteiger partial charge >= 0.3 is 6.18 Å². The second-order valence-corrected chi connectivity index (χ2v) is 6.44. The van der Waals surface area contributed by atoms with Crippen molar-refractivity contribution in [3.8, 4) is 0 Å². The Morgan fingerprint density at radius 3 is 2.65 bits per heavy atom. The van der Waals surface area contributed by atoms with Gasteiger partial charge < -0.3 is 10.6 Å². The summed E-state index contributed by atoms with van der Waals surface area (Å²) in [6, 6.07) is 5.15. The minimum atomic E-state index is -4.51. The highest BCUT2D eigenvalue weighted by atomic mass is 32.1. The molecule has 2 heterocycles. The number of pyridine rings is 2. The Morgan fingerprint density at radius 2 is 2.00 bits per heavy atom. The van der Waals surface area contributed by atoms with Gasteiger partial charge in [0.25, 0.3) is 0 Å². The summed E-state index contributed by atoms with van der Waals surface area (Å²) in [6.45, 7) is 0.0927. The molecule has 2 aromatic rings. The van der Waals surface area contributed by atoms with Crippen LogP contribution in [0.25, 0.3) is 0 Å². The Bertz CT molecular complexity index is 792. The van der Waals surface area contributed by atoms with Gasteiger partial charge in [-0.1, -0.05) is 6.07 Å². The van der Waals surface area contributed by atoms with Crippen LogP contribution in [0.4, 0.5) is 17.6 Å². The normalized spacial score (nSPS) is 15.4. The van der Waals surface area contributed by atoms with Crippen LogP contribution in [0.2, 0.25) is 0 Å². The molecule has 0 bridgehead atoms. The number of aromatic nitrogens is 2. The van der Waals surface area contributed by atoms with E-state index in [9.17, 15) is 17.6 Å². The molecule has 3 rings (SSSR count). The average molecular weight is 384 g/mol. The number of halogens is 4. The van der Waals surface area contributed by atoms with Crippen molar-refractivity contribution in [2.24, 2.45) is 0 Å². The Kier molecular flexibility index (Phi) is 5.36. The van der Waals surface area contributed by atoms with E-state index >= 15 is 0 Å². The number of nitrogens with one attached hydrogen (secondary N) is 2. The van der Waals surface area contributed by atoms with Crippen molar-refractivity contribution in [1.82, 2.24) is 20.6 Å². The highest BCUT2D eigenvalue weighted by Gasteiger charge is 2.32. The summed E-state index contributed by atoms with van der Waals surface area (Å²) in [5, 5.41) is 6.40. The number of thiocarbonyl (C=S) groups is 1. The monoisotopic (exact) mass is 384 g/mol. The van der Waals surface area contributed by atoms with Gasteiger partial charge in [-0.15, -0.1) is 0 Å². The van der Waals surface area contributed by atoms with E-state index in [-0.39, 0.29) is 17.8 Å². The van der Waals surface area contributed by atoms with E-state index in [4.69, 9.17) is 12.2 Å². The first-order chi connectivity index (χ1) is 12.3. The zero-order chi connectivity index (χ0) is 18.7. The second kappa shape index (κ2) is 7.53. The zero-order valence-electron chi connectivity index (χ0n) is 13.6. The van der Waals surface area contributed by atoms with Crippen LogP contribution in [0.5, 0.6) is 0 Å². The molecule has 2 aromatic heterocycles. The fourth-order valence-electron chi connectivity index (χ4n) is 2.51. The predicted octanol–water partition coefficient (Wildman–Crippen LogP) is 3.39. The van der Waals surface area contributed by atoms with Gasteiger partial charge in [-0.2, -0.15) is 17.6 Å². The third-order valence-electron chi connectivity index (χ3n) is 4.01. The van der Waals surface area contributed by atoms with E-state index in [0.29, 0.717) is 11.2 Å². The Morgan fingerprint density at radius 1 is 1.23 bits per heavy atom. The van der Waals surface area contributed by atoms with E-state index < -0.39 is 23.6 Å². The van der Waals surface area contributed by atoms with Crippen LogP contribution in [0, 0.1) is 5.95 Å². The number of hydrogen-bond acceptors (Lipinski definition) is 3. The first-order valence-electron chi connectivity index (χ1n) is 8.02. The molecule has 0 radical (unpaired) electrons. The SMILES string of the molecule is Fc1ncccc1C(CNC(=S)NC1CC1)c1cc(C(F)(F)F)ccn1.